The van der Waals surface area contributed by atoms with Gasteiger partial charge in [0.2, 0.25) is 0 Å². The first-order chi connectivity index (χ1) is 8.49. The van der Waals surface area contributed by atoms with Gasteiger partial charge < -0.3 is 5.11 Å². The predicted molar refractivity (Wildman–Crippen MR) is 73.0 cm³/mol. The quantitative estimate of drug-likeness (QED) is 0.862. The van der Waals surface area contributed by atoms with Gasteiger partial charge in [0.15, 0.2) is 0 Å². The molecule has 0 atom stereocenters. The zero-order valence-electron chi connectivity index (χ0n) is 10.8. The minimum absolute atomic E-state index is 0.367. The minimum atomic E-state index is -0.876. The number of rotatable bonds is 2. The van der Waals surface area contributed by atoms with E-state index in [9.17, 15) is 4.79 Å². The predicted octanol–water partition coefficient (Wildman–Crippen LogP) is 3.98. The summed E-state index contributed by atoms with van der Waals surface area (Å²) in [6.07, 6.45) is 0. The number of aromatic carboxylic acids is 1. The molecule has 0 aliphatic carbocycles. The van der Waals surface area contributed by atoms with Gasteiger partial charge in [-0.15, -0.1) is 0 Å². The van der Waals surface area contributed by atoms with Gasteiger partial charge in [-0.3, -0.25) is 0 Å². The average Bonchev–Trinajstić information content (AvgIpc) is 2.27. The maximum atomic E-state index is 11.1. The van der Waals surface area contributed by atoms with Crippen LogP contribution in [0.4, 0.5) is 0 Å². The Morgan fingerprint density at radius 1 is 1.00 bits per heavy atom. The highest BCUT2D eigenvalue weighted by Crippen LogP contribution is 2.27. The summed E-state index contributed by atoms with van der Waals surface area (Å²) in [5.74, 6) is -0.876. The molecule has 0 aliphatic rings. The third-order valence-electron chi connectivity index (χ3n) is 3.10. The number of hydrogen-bond acceptors (Lipinski definition) is 1. The number of carboxylic acid groups (broad SMARTS) is 1. The lowest BCUT2D eigenvalue weighted by molar-refractivity contribution is 0.0696. The summed E-state index contributed by atoms with van der Waals surface area (Å²) in [6, 6.07) is 11.7. The molecule has 0 amide bonds. The molecule has 2 aromatic rings. The molecule has 0 bridgehead atoms. The van der Waals surface area contributed by atoms with Crippen LogP contribution >= 0.6 is 0 Å². The number of benzene rings is 2. The van der Waals surface area contributed by atoms with E-state index in [-0.39, 0.29) is 0 Å². The van der Waals surface area contributed by atoms with Crippen LogP contribution in [0.1, 0.15) is 27.0 Å². The zero-order chi connectivity index (χ0) is 13.3. The van der Waals surface area contributed by atoms with Crippen molar-refractivity contribution in [3.8, 4) is 11.1 Å². The SMILES string of the molecule is Cc1cc(C)cc(-c2cccc(C(=O)O)c2C)c1. The van der Waals surface area contributed by atoms with Crippen molar-refractivity contribution in [1.29, 1.82) is 0 Å². The van der Waals surface area contributed by atoms with E-state index in [0.717, 1.165) is 16.7 Å². The highest BCUT2D eigenvalue weighted by Gasteiger charge is 2.11. The van der Waals surface area contributed by atoms with Gasteiger partial charge >= 0.3 is 5.97 Å². The minimum Gasteiger partial charge on any atom is -0.478 e. The topological polar surface area (TPSA) is 37.3 Å². The first kappa shape index (κ1) is 12.4. The van der Waals surface area contributed by atoms with Crippen molar-refractivity contribution in [3.63, 3.8) is 0 Å². The van der Waals surface area contributed by atoms with Crippen molar-refractivity contribution in [2.45, 2.75) is 20.8 Å². The molecule has 0 heterocycles. The van der Waals surface area contributed by atoms with Crippen LogP contribution in [0.2, 0.25) is 0 Å². The number of carbonyl (C=O) groups is 1. The third-order valence-corrected chi connectivity index (χ3v) is 3.10. The smallest absolute Gasteiger partial charge is 0.335 e. The molecule has 2 heteroatoms. The van der Waals surface area contributed by atoms with Crippen molar-refractivity contribution in [2.24, 2.45) is 0 Å². The molecule has 0 radical (unpaired) electrons. The second-order valence-corrected chi connectivity index (χ2v) is 4.66. The van der Waals surface area contributed by atoms with E-state index < -0.39 is 5.97 Å². The first-order valence-corrected chi connectivity index (χ1v) is 5.90. The van der Waals surface area contributed by atoms with Crippen LogP contribution < -0.4 is 0 Å². The average molecular weight is 240 g/mol. The molecule has 18 heavy (non-hydrogen) atoms. The van der Waals surface area contributed by atoms with Crippen molar-refractivity contribution in [3.05, 3.63) is 58.7 Å². The molecule has 1 N–H and O–H groups in total. The van der Waals surface area contributed by atoms with Crippen LogP contribution in [0.25, 0.3) is 11.1 Å². The van der Waals surface area contributed by atoms with Crippen molar-refractivity contribution >= 4 is 5.97 Å². The van der Waals surface area contributed by atoms with Crippen molar-refractivity contribution < 1.29 is 9.90 Å². The van der Waals surface area contributed by atoms with Crippen LogP contribution in [0, 0.1) is 20.8 Å². The van der Waals surface area contributed by atoms with Crippen LogP contribution in [0.5, 0.6) is 0 Å². The summed E-state index contributed by atoms with van der Waals surface area (Å²) in [5, 5.41) is 9.15. The van der Waals surface area contributed by atoms with Gasteiger partial charge in [-0.25, -0.2) is 4.79 Å². The molecule has 2 aromatic carbocycles. The van der Waals surface area contributed by atoms with E-state index >= 15 is 0 Å². The summed E-state index contributed by atoms with van der Waals surface area (Å²) in [7, 11) is 0. The Labute approximate surface area is 107 Å². The van der Waals surface area contributed by atoms with E-state index in [1.54, 1.807) is 12.1 Å². The number of aryl methyl sites for hydroxylation is 2. The molecule has 0 spiro atoms. The first-order valence-electron chi connectivity index (χ1n) is 5.90. The van der Waals surface area contributed by atoms with E-state index in [2.05, 4.69) is 18.2 Å². The van der Waals surface area contributed by atoms with E-state index in [4.69, 9.17) is 5.11 Å². The number of hydrogen-bond donors (Lipinski definition) is 1. The van der Waals surface area contributed by atoms with E-state index in [0.29, 0.717) is 5.56 Å². The molecule has 2 rings (SSSR count). The summed E-state index contributed by atoms with van der Waals surface area (Å²) in [5.41, 5.74) is 5.62. The van der Waals surface area contributed by atoms with Crippen molar-refractivity contribution in [1.82, 2.24) is 0 Å². The van der Waals surface area contributed by atoms with Gasteiger partial charge in [0, 0.05) is 0 Å². The summed E-state index contributed by atoms with van der Waals surface area (Å²) in [4.78, 5) is 11.1. The Kier molecular flexibility index (Phi) is 3.19. The molecule has 0 saturated heterocycles. The maximum absolute atomic E-state index is 11.1. The highest BCUT2D eigenvalue weighted by atomic mass is 16.4. The molecule has 0 unspecified atom stereocenters. The second kappa shape index (κ2) is 4.65. The van der Waals surface area contributed by atoms with Crippen LogP contribution in [-0.4, -0.2) is 11.1 Å². The van der Waals surface area contributed by atoms with Crippen LogP contribution in [0.15, 0.2) is 36.4 Å². The van der Waals surface area contributed by atoms with Gasteiger partial charge in [0.05, 0.1) is 5.56 Å². The largest absolute Gasteiger partial charge is 0.478 e. The number of carboxylic acids is 1. The maximum Gasteiger partial charge on any atom is 0.335 e. The molecule has 92 valence electrons. The summed E-state index contributed by atoms with van der Waals surface area (Å²) >= 11 is 0. The fourth-order valence-electron chi connectivity index (χ4n) is 2.31. The van der Waals surface area contributed by atoms with Gasteiger partial charge in [-0.1, -0.05) is 41.5 Å². The third kappa shape index (κ3) is 2.28. The second-order valence-electron chi connectivity index (χ2n) is 4.66. The van der Waals surface area contributed by atoms with Crippen LogP contribution in [-0.2, 0) is 0 Å². The monoisotopic (exact) mass is 240 g/mol. The Hall–Kier alpha value is -2.09. The highest BCUT2D eigenvalue weighted by molar-refractivity contribution is 5.92. The summed E-state index contributed by atoms with van der Waals surface area (Å²) in [6.45, 7) is 5.95. The van der Waals surface area contributed by atoms with Crippen LogP contribution in [0.3, 0.4) is 0 Å². The standard InChI is InChI=1S/C16H16O2/c1-10-7-11(2)9-13(8-10)14-5-4-6-15(12(14)3)16(17)18/h4-9H,1-3H3,(H,17,18). The molecule has 0 aliphatic heterocycles. The van der Waals surface area contributed by atoms with E-state index in [1.807, 2.05) is 26.8 Å². The zero-order valence-corrected chi connectivity index (χ0v) is 10.8. The fraction of sp³-hybridized carbons (Fsp3) is 0.188. The van der Waals surface area contributed by atoms with Gasteiger partial charge in [-0.05, 0) is 43.5 Å². The Balaban J connectivity index is 2.64. The Morgan fingerprint density at radius 2 is 1.61 bits per heavy atom. The normalized spacial score (nSPS) is 10.4. The van der Waals surface area contributed by atoms with Crippen molar-refractivity contribution in [2.75, 3.05) is 0 Å². The molecule has 2 nitrogen and oxygen atoms in total. The molecular formula is C16H16O2. The molecule has 0 saturated carbocycles. The molecule has 0 aromatic heterocycles. The van der Waals surface area contributed by atoms with E-state index in [1.165, 1.54) is 11.1 Å². The van der Waals surface area contributed by atoms with Gasteiger partial charge in [0.1, 0.15) is 0 Å². The van der Waals surface area contributed by atoms with Gasteiger partial charge in [-0.2, -0.15) is 0 Å². The lowest BCUT2D eigenvalue weighted by Gasteiger charge is -2.10. The molecular weight excluding hydrogens is 224 g/mol. The Morgan fingerprint density at radius 3 is 2.17 bits per heavy atom. The fourth-order valence-corrected chi connectivity index (χ4v) is 2.31. The van der Waals surface area contributed by atoms with Gasteiger partial charge in [0.25, 0.3) is 0 Å². The Bertz CT molecular complexity index is 592. The molecule has 0 fully saturated rings. The summed E-state index contributed by atoms with van der Waals surface area (Å²) < 4.78 is 0. The lowest BCUT2D eigenvalue weighted by Crippen LogP contribution is -2.00. The lowest BCUT2D eigenvalue weighted by atomic mass is 9.94.